The molecule has 2 aliphatic rings. The Kier molecular flexibility index (Phi) is 3.94. The van der Waals surface area contributed by atoms with Crippen molar-refractivity contribution in [2.75, 3.05) is 19.6 Å². The molecule has 1 saturated heterocycles. The maximum Gasteiger partial charge on any atom is 0.254 e. The number of carbonyl (C=O) groups excluding carboxylic acids is 1. The lowest BCUT2D eigenvalue weighted by Crippen LogP contribution is -2.51. The van der Waals surface area contributed by atoms with Gasteiger partial charge in [0.1, 0.15) is 11.0 Å². The Morgan fingerprint density at radius 2 is 1.81 bits per heavy atom. The number of hydrogen-bond acceptors (Lipinski definition) is 5. The molecule has 1 aliphatic heterocycles. The third kappa shape index (κ3) is 2.89. The highest BCUT2D eigenvalue weighted by molar-refractivity contribution is 7.00. The third-order valence-electron chi connectivity index (χ3n) is 5.42. The predicted molar refractivity (Wildman–Crippen MR) is 102 cm³/mol. The summed E-state index contributed by atoms with van der Waals surface area (Å²) >= 11 is 1.19. The van der Waals surface area contributed by atoms with Crippen molar-refractivity contribution < 1.29 is 4.79 Å². The van der Waals surface area contributed by atoms with Crippen LogP contribution in [0.3, 0.4) is 0 Å². The molecule has 132 valence electrons. The number of nitrogens with zero attached hydrogens (tertiary/aromatic N) is 4. The van der Waals surface area contributed by atoms with Crippen LogP contribution in [0.2, 0.25) is 0 Å². The van der Waals surface area contributed by atoms with Crippen LogP contribution >= 0.6 is 11.7 Å². The first kappa shape index (κ1) is 15.9. The van der Waals surface area contributed by atoms with Crippen molar-refractivity contribution in [2.24, 2.45) is 0 Å². The zero-order valence-corrected chi connectivity index (χ0v) is 15.2. The van der Waals surface area contributed by atoms with Gasteiger partial charge in [-0.3, -0.25) is 9.69 Å². The van der Waals surface area contributed by atoms with E-state index in [1.165, 1.54) is 30.1 Å². The Bertz CT molecular complexity index is 937. The fourth-order valence-electron chi connectivity index (χ4n) is 3.86. The van der Waals surface area contributed by atoms with E-state index in [9.17, 15) is 4.79 Å². The molecule has 2 aromatic carbocycles. The Morgan fingerprint density at radius 1 is 1.00 bits per heavy atom. The maximum atomic E-state index is 13.3. The Balaban J connectivity index is 1.47. The summed E-state index contributed by atoms with van der Waals surface area (Å²) in [6.45, 7) is 2.64. The molecule has 0 bridgehead atoms. The smallest absolute Gasteiger partial charge is 0.254 e. The number of rotatable bonds is 3. The molecular formula is C20H20N4OS. The van der Waals surface area contributed by atoms with Crippen molar-refractivity contribution in [3.63, 3.8) is 0 Å². The van der Waals surface area contributed by atoms with Gasteiger partial charge in [-0.15, -0.1) is 0 Å². The lowest BCUT2D eigenvalue weighted by atomic mass is 10.0. The molecule has 5 rings (SSSR count). The van der Waals surface area contributed by atoms with E-state index in [0.29, 0.717) is 5.56 Å². The van der Waals surface area contributed by atoms with Crippen LogP contribution in [0.4, 0.5) is 0 Å². The van der Waals surface area contributed by atoms with Gasteiger partial charge < -0.3 is 4.90 Å². The first-order chi connectivity index (χ1) is 12.8. The van der Waals surface area contributed by atoms with Crippen molar-refractivity contribution in [2.45, 2.75) is 24.9 Å². The van der Waals surface area contributed by atoms with Crippen LogP contribution in [0.15, 0.2) is 48.5 Å². The zero-order valence-electron chi connectivity index (χ0n) is 14.4. The molecule has 1 saturated carbocycles. The summed E-state index contributed by atoms with van der Waals surface area (Å²) < 4.78 is 8.51. The molecule has 1 aromatic heterocycles. The van der Waals surface area contributed by atoms with Crippen LogP contribution in [0.1, 0.15) is 34.8 Å². The van der Waals surface area contributed by atoms with E-state index in [1.807, 2.05) is 29.2 Å². The van der Waals surface area contributed by atoms with Gasteiger partial charge in [-0.05, 0) is 36.6 Å². The van der Waals surface area contributed by atoms with Crippen LogP contribution in [-0.2, 0) is 0 Å². The van der Waals surface area contributed by atoms with Gasteiger partial charge in [-0.25, -0.2) is 0 Å². The molecule has 3 aromatic rings. The summed E-state index contributed by atoms with van der Waals surface area (Å²) in [5, 5.41) is 0. The molecule has 0 radical (unpaired) electrons. The van der Waals surface area contributed by atoms with Crippen molar-refractivity contribution in [3.05, 3.63) is 59.7 Å². The molecule has 1 amide bonds. The minimum Gasteiger partial charge on any atom is -0.329 e. The van der Waals surface area contributed by atoms with Gasteiger partial charge in [-0.1, -0.05) is 30.3 Å². The largest absolute Gasteiger partial charge is 0.329 e. The topological polar surface area (TPSA) is 49.3 Å². The second-order valence-corrected chi connectivity index (χ2v) is 7.65. The third-order valence-corrected chi connectivity index (χ3v) is 5.98. The molecule has 0 N–H and O–H groups in total. The number of piperazine rings is 1. The summed E-state index contributed by atoms with van der Waals surface area (Å²) in [4.78, 5) is 17.9. The number of carbonyl (C=O) groups is 1. The van der Waals surface area contributed by atoms with Crippen LogP contribution in [-0.4, -0.2) is 50.1 Å². The van der Waals surface area contributed by atoms with Gasteiger partial charge in [0.2, 0.25) is 0 Å². The molecule has 6 heteroatoms. The predicted octanol–water partition coefficient (Wildman–Crippen LogP) is 3.35. The monoisotopic (exact) mass is 364 g/mol. The minimum absolute atomic E-state index is 0.0872. The minimum atomic E-state index is 0.0872. The summed E-state index contributed by atoms with van der Waals surface area (Å²) in [6.07, 6.45) is 2.59. The first-order valence-electron chi connectivity index (χ1n) is 9.12. The Labute approximate surface area is 156 Å². The molecule has 1 unspecified atom stereocenters. The summed E-state index contributed by atoms with van der Waals surface area (Å²) in [6, 6.07) is 16.9. The van der Waals surface area contributed by atoms with Gasteiger partial charge in [0.15, 0.2) is 0 Å². The number of hydrogen-bond donors (Lipinski definition) is 0. The molecule has 0 spiro atoms. The Morgan fingerprint density at radius 3 is 2.62 bits per heavy atom. The van der Waals surface area contributed by atoms with E-state index in [1.54, 1.807) is 0 Å². The fourth-order valence-corrected chi connectivity index (χ4v) is 4.38. The molecule has 2 heterocycles. The molecule has 5 nitrogen and oxygen atoms in total. The van der Waals surface area contributed by atoms with E-state index in [-0.39, 0.29) is 11.9 Å². The van der Waals surface area contributed by atoms with Crippen LogP contribution in [0.25, 0.3) is 11.0 Å². The lowest BCUT2D eigenvalue weighted by molar-refractivity contribution is 0.0433. The van der Waals surface area contributed by atoms with E-state index < -0.39 is 0 Å². The van der Waals surface area contributed by atoms with Gasteiger partial charge in [-0.2, -0.15) is 8.75 Å². The van der Waals surface area contributed by atoms with Crippen LogP contribution in [0, 0.1) is 0 Å². The standard InChI is InChI=1S/C20H20N4OS/c25-20(15-6-9-17-18(12-15)22-26-21-17)24-11-10-23(16-7-8-16)13-19(24)14-4-2-1-3-5-14/h1-6,9,12,16,19H,7-8,10-11,13H2. The summed E-state index contributed by atoms with van der Waals surface area (Å²) in [5.41, 5.74) is 3.56. The summed E-state index contributed by atoms with van der Waals surface area (Å²) in [5.74, 6) is 0.0872. The van der Waals surface area contributed by atoms with Gasteiger partial charge in [0.05, 0.1) is 17.8 Å². The number of benzene rings is 2. The number of aromatic nitrogens is 2. The fraction of sp³-hybridized carbons (Fsp3) is 0.350. The Hall–Kier alpha value is -2.31. The second-order valence-electron chi connectivity index (χ2n) is 7.12. The second kappa shape index (κ2) is 6.45. The molecule has 1 aliphatic carbocycles. The number of fused-ring (bicyclic) bond motifs is 1. The van der Waals surface area contributed by atoms with Gasteiger partial charge in [0.25, 0.3) is 5.91 Å². The van der Waals surface area contributed by atoms with E-state index in [2.05, 4.69) is 37.9 Å². The van der Waals surface area contributed by atoms with E-state index in [4.69, 9.17) is 0 Å². The van der Waals surface area contributed by atoms with Crippen LogP contribution in [0.5, 0.6) is 0 Å². The average Bonchev–Trinajstić information content (AvgIpc) is 3.45. The SMILES string of the molecule is O=C(c1ccc2nsnc2c1)N1CCN(C2CC2)CC1c1ccccc1. The van der Waals surface area contributed by atoms with Crippen LogP contribution < -0.4 is 0 Å². The van der Waals surface area contributed by atoms with E-state index in [0.717, 1.165) is 36.7 Å². The zero-order chi connectivity index (χ0) is 17.5. The maximum absolute atomic E-state index is 13.3. The van der Waals surface area contributed by atoms with Crippen molar-refractivity contribution in [1.29, 1.82) is 0 Å². The highest BCUT2D eigenvalue weighted by Crippen LogP contribution is 2.34. The highest BCUT2D eigenvalue weighted by Gasteiger charge is 2.38. The normalized spacial score (nSPS) is 21.2. The average molecular weight is 364 g/mol. The highest BCUT2D eigenvalue weighted by atomic mass is 32.1. The molecule has 1 atom stereocenters. The first-order valence-corrected chi connectivity index (χ1v) is 9.85. The van der Waals surface area contributed by atoms with Gasteiger partial charge >= 0.3 is 0 Å². The summed E-state index contributed by atoms with van der Waals surface area (Å²) in [7, 11) is 0. The van der Waals surface area contributed by atoms with Crippen molar-refractivity contribution >= 4 is 28.7 Å². The number of amides is 1. The van der Waals surface area contributed by atoms with Gasteiger partial charge in [0, 0.05) is 31.2 Å². The molecule has 2 fully saturated rings. The molecule has 26 heavy (non-hydrogen) atoms. The lowest BCUT2D eigenvalue weighted by Gasteiger charge is -2.42. The van der Waals surface area contributed by atoms with E-state index >= 15 is 0 Å². The van der Waals surface area contributed by atoms with Crippen molar-refractivity contribution in [1.82, 2.24) is 18.5 Å². The van der Waals surface area contributed by atoms with Crippen molar-refractivity contribution in [3.8, 4) is 0 Å². The quantitative estimate of drug-likeness (QED) is 0.715. The molecular weight excluding hydrogens is 344 g/mol.